The number of carbonyl (C=O) groups excluding carboxylic acids is 1. The van der Waals surface area contributed by atoms with E-state index in [9.17, 15) is 4.79 Å². The van der Waals surface area contributed by atoms with Gasteiger partial charge in [-0.3, -0.25) is 4.79 Å². The summed E-state index contributed by atoms with van der Waals surface area (Å²) >= 11 is 0. The fourth-order valence-electron chi connectivity index (χ4n) is 1.67. The SMILES string of the molecule is CCCCC(=O)Nc1cnn(-c2ccccc2)c1. The van der Waals surface area contributed by atoms with E-state index < -0.39 is 0 Å². The molecule has 0 fully saturated rings. The highest BCUT2D eigenvalue weighted by atomic mass is 16.1. The number of rotatable bonds is 5. The highest BCUT2D eigenvalue weighted by Gasteiger charge is 2.04. The van der Waals surface area contributed by atoms with E-state index in [-0.39, 0.29) is 5.91 Å². The Balaban J connectivity index is 2.00. The zero-order valence-electron chi connectivity index (χ0n) is 10.5. The van der Waals surface area contributed by atoms with Crippen molar-refractivity contribution in [1.29, 1.82) is 0 Å². The number of para-hydroxylation sites is 1. The van der Waals surface area contributed by atoms with E-state index in [1.807, 2.05) is 36.5 Å². The van der Waals surface area contributed by atoms with Gasteiger partial charge < -0.3 is 5.32 Å². The molecule has 0 radical (unpaired) electrons. The Morgan fingerprint density at radius 1 is 1.33 bits per heavy atom. The zero-order valence-corrected chi connectivity index (χ0v) is 10.5. The molecule has 0 spiro atoms. The molecule has 1 heterocycles. The van der Waals surface area contributed by atoms with Crippen LogP contribution < -0.4 is 5.32 Å². The van der Waals surface area contributed by atoms with Gasteiger partial charge in [-0.2, -0.15) is 5.10 Å². The van der Waals surface area contributed by atoms with Crippen LogP contribution in [0.5, 0.6) is 0 Å². The second-order valence-electron chi connectivity index (χ2n) is 4.16. The topological polar surface area (TPSA) is 46.9 Å². The lowest BCUT2D eigenvalue weighted by Crippen LogP contribution is -2.10. The molecule has 1 N–H and O–H groups in total. The van der Waals surface area contributed by atoms with Crippen molar-refractivity contribution >= 4 is 11.6 Å². The number of carbonyl (C=O) groups is 1. The number of hydrogen-bond acceptors (Lipinski definition) is 2. The Morgan fingerprint density at radius 2 is 2.11 bits per heavy atom. The van der Waals surface area contributed by atoms with Crippen molar-refractivity contribution in [2.24, 2.45) is 0 Å². The minimum atomic E-state index is 0.0458. The quantitative estimate of drug-likeness (QED) is 0.877. The lowest BCUT2D eigenvalue weighted by atomic mass is 10.2. The van der Waals surface area contributed by atoms with Crippen LogP contribution in [0.3, 0.4) is 0 Å². The van der Waals surface area contributed by atoms with Crippen molar-refractivity contribution < 1.29 is 4.79 Å². The number of nitrogens with one attached hydrogen (secondary N) is 1. The van der Waals surface area contributed by atoms with E-state index in [2.05, 4.69) is 17.3 Å². The van der Waals surface area contributed by atoms with Crippen LogP contribution in [0, 0.1) is 0 Å². The lowest BCUT2D eigenvalue weighted by Gasteiger charge is -2.01. The molecule has 1 aromatic carbocycles. The molecule has 0 aliphatic carbocycles. The van der Waals surface area contributed by atoms with Crippen molar-refractivity contribution in [1.82, 2.24) is 9.78 Å². The van der Waals surface area contributed by atoms with Crippen LogP contribution in [0.4, 0.5) is 5.69 Å². The summed E-state index contributed by atoms with van der Waals surface area (Å²) in [6, 6.07) is 9.80. The molecule has 4 nitrogen and oxygen atoms in total. The third kappa shape index (κ3) is 3.20. The third-order valence-corrected chi connectivity index (χ3v) is 2.64. The Kier molecular flexibility index (Phi) is 4.12. The minimum Gasteiger partial charge on any atom is -0.323 e. The van der Waals surface area contributed by atoms with Crippen LogP contribution in [0.15, 0.2) is 42.7 Å². The molecule has 94 valence electrons. The first-order valence-electron chi connectivity index (χ1n) is 6.19. The first-order valence-corrected chi connectivity index (χ1v) is 6.19. The third-order valence-electron chi connectivity index (χ3n) is 2.64. The van der Waals surface area contributed by atoms with Gasteiger partial charge in [0, 0.05) is 6.42 Å². The van der Waals surface area contributed by atoms with E-state index in [0.29, 0.717) is 6.42 Å². The number of hydrogen-bond donors (Lipinski definition) is 1. The van der Waals surface area contributed by atoms with Crippen LogP contribution >= 0.6 is 0 Å². The van der Waals surface area contributed by atoms with Gasteiger partial charge in [-0.1, -0.05) is 31.5 Å². The van der Waals surface area contributed by atoms with Gasteiger partial charge in [-0.15, -0.1) is 0 Å². The maximum atomic E-state index is 11.6. The molecule has 0 bridgehead atoms. The predicted molar refractivity (Wildman–Crippen MR) is 71.7 cm³/mol. The largest absolute Gasteiger partial charge is 0.323 e. The van der Waals surface area contributed by atoms with Crippen molar-refractivity contribution in [3.05, 3.63) is 42.7 Å². The summed E-state index contributed by atoms with van der Waals surface area (Å²) in [4.78, 5) is 11.6. The average molecular weight is 243 g/mol. The van der Waals surface area contributed by atoms with Crippen molar-refractivity contribution in [2.75, 3.05) is 5.32 Å². The highest BCUT2D eigenvalue weighted by molar-refractivity contribution is 5.90. The van der Waals surface area contributed by atoms with Gasteiger partial charge >= 0.3 is 0 Å². The summed E-state index contributed by atoms with van der Waals surface area (Å²) < 4.78 is 1.75. The van der Waals surface area contributed by atoms with Gasteiger partial charge in [0.05, 0.1) is 23.8 Å². The lowest BCUT2D eigenvalue weighted by molar-refractivity contribution is -0.116. The summed E-state index contributed by atoms with van der Waals surface area (Å²) in [5.74, 6) is 0.0458. The molecule has 0 aliphatic heterocycles. The number of nitrogens with zero attached hydrogens (tertiary/aromatic N) is 2. The Hall–Kier alpha value is -2.10. The van der Waals surface area contributed by atoms with E-state index in [4.69, 9.17) is 0 Å². The van der Waals surface area contributed by atoms with Gasteiger partial charge in [0.2, 0.25) is 5.91 Å². The fraction of sp³-hybridized carbons (Fsp3) is 0.286. The molecule has 2 rings (SSSR count). The number of unbranched alkanes of at least 4 members (excludes halogenated alkanes) is 1. The van der Waals surface area contributed by atoms with Crippen LogP contribution in [0.2, 0.25) is 0 Å². The van der Waals surface area contributed by atoms with E-state index in [1.54, 1.807) is 10.9 Å². The monoisotopic (exact) mass is 243 g/mol. The van der Waals surface area contributed by atoms with E-state index in [0.717, 1.165) is 24.2 Å². The molecule has 1 amide bonds. The Labute approximate surface area is 107 Å². The molecule has 0 saturated heterocycles. The number of aromatic nitrogens is 2. The minimum absolute atomic E-state index is 0.0458. The summed E-state index contributed by atoms with van der Waals surface area (Å²) in [6.45, 7) is 2.07. The van der Waals surface area contributed by atoms with Gasteiger partial charge in [0.15, 0.2) is 0 Å². The molecule has 0 aliphatic rings. The van der Waals surface area contributed by atoms with Crippen molar-refractivity contribution in [3.8, 4) is 5.69 Å². The summed E-state index contributed by atoms with van der Waals surface area (Å²) in [5.41, 5.74) is 1.71. The maximum Gasteiger partial charge on any atom is 0.224 e. The Bertz CT molecular complexity index is 505. The maximum absolute atomic E-state index is 11.6. The first kappa shape index (κ1) is 12.4. The van der Waals surface area contributed by atoms with Gasteiger partial charge in [-0.25, -0.2) is 4.68 Å². The predicted octanol–water partition coefficient (Wildman–Crippen LogP) is 3.00. The highest BCUT2D eigenvalue weighted by Crippen LogP contribution is 2.11. The smallest absolute Gasteiger partial charge is 0.224 e. The summed E-state index contributed by atoms with van der Waals surface area (Å²) in [7, 11) is 0. The van der Waals surface area contributed by atoms with Crippen molar-refractivity contribution in [2.45, 2.75) is 26.2 Å². The molecule has 0 atom stereocenters. The molecule has 0 unspecified atom stereocenters. The van der Waals surface area contributed by atoms with Gasteiger partial charge in [0.1, 0.15) is 0 Å². The molecule has 0 saturated carbocycles. The van der Waals surface area contributed by atoms with Gasteiger partial charge in [-0.05, 0) is 18.6 Å². The standard InChI is InChI=1S/C14H17N3O/c1-2-3-9-14(18)16-12-10-15-17(11-12)13-7-5-4-6-8-13/h4-8,10-11H,2-3,9H2,1H3,(H,16,18). The van der Waals surface area contributed by atoms with Crippen LogP contribution in [-0.4, -0.2) is 15.7 Å². The number of amides is 1. The zero-order chi connectivity index (χ0) is 12.8. The van der Waals surface area contributed by atoms with E-state index >= 15 is 0 Å². The second-order valence-corrected chi connectivity index (χ2v) is 4.16. The summed E-state index contributed by atoms with van der Waals surface area (Å²) in [5, 5.41) is 7.07. The van der Waals surface area contributed by atoms with Gasteiger partial charge in [0.25, 0.3) is 0 Å². The van der Waals surface area contributed by atoms with Crippen LogP contribution in [0.25, 0.3) is 5.69 Å². The molecule has 1 aromatic heterocycles. The van der Waals surface area contributed by atoms with Crippen LogP contribution in [-0.2, 0) is 4.79 Å². The average Bonchev–Trinajstić information content (AvgIpc) is 2.86. The molecular formula is C14H17N3O. The van der Waals surface area contributed by atoms with Crippen molar-refractivity contribution in [3.63, 3.8) is 0 Å². The normalized spacial score (nSPS) is 10.3. The number of anilines is 1. The summed E-state index contributed by atoms with van der Waals surface area (Å²) in [6.07, 6.45) is 5.98. The molecular weight excluding hydrogens is 226 g/mol. The molecule has 18 heavy (non-hydrogen) atoms. The first-order chi connectivity index (χ1) is 8.79. The Morgan fingerprint density at radius 3 is 2.83 bits per heavy atom. The second kappa shape index (κ2) is 6.00. The molecule has 2 aromatic rings. The fourth-order valence-corrected chi connectivity index (χ4v) is 1.67. The number of benzene rings is 1. The molecule has 4 heteroatoms. The van der Waals surface area contributed by atoms with E-state index in [1.165, 1.54) is 0 Å². The van der Waals surface area contributed by atoms with Crippen LogP contribution in [0.1, 0.15) is 26.2 Å².